The van der Waals surface area contributed by atoms with E-state index in [9.17, 15) is 4.79 Å². The van der Waals surface area contributed by atoms with E-state index in [1.54, 1.807) is 11.3 Å². The first kappa shape index (κ1) is 7.95. The summed E-state index contributed by atoms with van der Waals surface area (Å²) >= 11 is 1.74. The Bertz CT molecular complexity index is 297. The van der Waals surface area contributed by atoms with Gasteiger partial charge in [-0.1, -0.05) is 0 Å². The fourth-order valence-corrected chi connectivity index (χ4v) is 2.41. The molecule has 0 aliphatic heterocycles. The maximum absolute atomic E-state index is 10.7. The number of thiophene rings is 1. The predicted molar refractivity (Wildman–Crippen MR) is 49.2 cm³/mol. The van der Waals surface area contributed by atoms with Crippen LogP contribution in [0.15, 0.2) is 12.1 Å². The zero-order chi connectivity index (χ0) is 8.55. The second-order valence-electron chi connectivity index (χ2n) is 3.15. The van der Waals surface area contributed by atoms with Crippen LogP contribution in [0, 0.1) is 0 Å². The molecule has 1 saturated carbocycles. The fourth-order valence-electron chi connectivity index (χ4n) is 1.41. The van der Waals surface area contributed by atoms with E-state index in [1.807, 2.05) is 0 Å². The van der Waals surface area contributed by atoms with Crippen molar-refractivity contribution >= 4 is 17.1 Å². The predicted octanol–water partition coefficient (Wildman–Crippen LogP) is 1.65. The molecule has 3 heteroatoms. The van der Waals surface area contributed by atoms with E-state index in [0.717, 1.165) is 12.8 Å². The summed E-state index contributed by atoms with van der Waals surface area (Å²) in [4.78, 5) is 13.3. The lowest BCUT2D eigenvalue weighted by molar-refractivity contribution is -0.124. The number of Topliss-reactive ketones (excluding diaryl/α,β-unsaturated/α-hetero) is 1. The Labute approximate surface area is 75.4 Å². The van der Waals surface area contributed by atoms with Crippen LogP contribution in [-0.2, 0) is 11.3 Å². The molecule has 12 heavy (non-hydrogen) atoms. The summed E-state index contributed by atoms with van der Waals surface area (Å²) in [6, 6.07) is 4.16. The van der Waals surface area contributed by atoms with Crippen LogP contribution < -0.4 is 5.73 Å². The molecule has 1 aromatic heterocycles. The van der Waals surface area contributed by atoms with E-state index >= 15 is 0 Å². The molecule has 0 atom stereocenters. The Morgan fingerprint density at radius 3 is 2.75 bits per heavy atom. The minimum atomic E-state index is 0.391. The third-order valence-electron chi connectivity index (χ3n) is 2.23. The standard InChI is InChI=1S/C9H11NOS/c10-5-8-1-2-9(12-8)6-3-7(11)4-6/h1-2,6H,3-5,10H2. The zero-order valence-electron chi connectivity index (χ0n) is 6.75. The van der Waals surface area contributed by atoms with E-state index in [-0.39, 0.29) is 0 Å². The minimum absolute atomic E-state index is 0.391. The topological polar surface area (TPSA) is 43.1 Å². The Hall–Kier alpha value is -0.670. The van der Waals surface area contributed by atoms with Crippen molar-refractivity contribution in [2.75, 3.05) is 0 Å². The molecule has 0 unspecified atom stereocenters. The summed E-state index contributed by atoms with van der Waals surface area (Å²) in [7, 11) is 0. The van der Waals surface area contributed by atoms with Crippen molar-refractivity contribution in [3.8, 4) is 0 Å². The minimum Gasteiger partial charge on any atom is -0.326 e. The van der Waals surface area contributed by atoms with E-state index in [1.165, 1.54) is 9.75 Å². The molecule has 64 valence electrons. The molecule has 0 saturated heterocycles. The first-order chi connectivity index (χ1) is 5.79. The second kappa shape index (κ2) is 2.99. The molecule has 2 rings (SSSR count). The maximum Gasteiger partial charge on any atom is 0.134 e. The van der Waals surface area contributed by atoms with Gasteiger partial charge in [-0.05, 0) is 12.1 Å². The normalized spacial score (nSPS) is 17.9. The smallest absolute Gasteiger partial charge is 0.134 e. The molecule has 0 bridgehead atoms. The molecular weight excluding hydrogens is 170 g/mol. The maximum atomic E-state index is 10.7. The van der Waals surface area contributed by atoms with Crippen LogP contribution in [0.1, 0.15) is 28.5 Å². The summed E-state index contributed by atoms with van der Waals surface area (Å²) in [5.41, 5.74) is 5.49. The highest BCUT2D eigenvalue weighted by Gasteiger charge is 2.28. The van der Waals surface area contributed by atoms with Gasteiger partial charge in [0, 0.05) is 35.1 Å². The van der Waals surface area contributed by atoms with Crippen LogP contribution in [0.25, 0.3) is 0 Å². The zero-order valence-corrected chi connectivity index (χ0v) is 7.56. The highest BCUT2D eigenvalue weighted by molar-refractivity contribution is 7.12. The molecule has 0 aromatic carbocycles. The lowest BCUT2D eigenvalue weighted by atomic mass is 9.83. The molecule has 1 aliphatic rings. The van der Waals surface area contributed by atoms with Crippen molar-refractivity contribution in [2.45, 2.75) is 25.3 Å². The number of hydrogen-bond acceptors (Lipinski definition) is 3. The fraction of sp³-hybridized carbons (Fsp3) is 0.444. The summed E-state index contributed by atoms with van der Waals surface area (Å²) in [6.07, 6.45) is 1.48. The second-order valence-corrected chi connectivity index (χ2v) is 4.35. The summed E-state index contributed by atoms with van der Waals surface area (Å²) in [6.45, 7) is 0.616. The average molecular weight is 181 g/mol. The van der Waals surface area contributed by atoms with Crippen LogP contribution in [0.3, 0.4) is 0 Å². The van der Waals surface area contributed by atoms with Crippen LogP contribution in [-0.4, -0.2) is 5.78 Å². The Morgan fingerprint density at radius 2 is 2.25 bits per heavy atom. The number of hydrogen-bond donors (Lipinski definition) is 1. The van der Waals surface area contributed by atoms with Gasteiger partial charge in [0.25, 0.3) is 0 Å². The van der Waals surface area contributed by atoms with Crippen LogP contribution >= 0.6 is 11.3 Å². The monoisotopic (exact) mass is 181 g/mol. The summed E-state index contributed by atoms with van der Waals surface area (Å²) in [5, 5.41) is 0. The van der Waals surface area contributed by atoms with E-state index in [2.05, 4.69) is 12.1 Å². The summed E-state index contributed by atoms with van der Waals surface area (Å²) in [5.74, 6) is 0.894. The number of carbonyl (C=O) groups is 1. The van der Waals surface area contributed by atoms with E-state index in [4.69, 9.17) is 5.73 Å². The van der Waals surface area contributed by atoms with Crippen molar-refractivity contribution in [2.24, 2.45) is 5.73 Å². The molecule has 2 N–H and O–H groups in total. The van der Waals surface area contributed by atoms with E-state index in [0.29, 0.717) is 18.2 Å². The summed E-state index contributed by atoms with van der Waals surface area (Å²) < 4.78 is 0. The molecule has 1 aliphatic carbocycles. The van der Waals surface area contributed by atoms with Crippen molar-refractivity contribution < 1.29 is 4.79 Å². The van der Waals surface area contributed by atoms with Crippen molar-refractivity contribution in [1.29, 1.82) is 0 Å². The van der Waals surface area contributed by atoms with Gasteiger partial charge in [-0.25, -0.2) is 0 Å². The van der Waals surface area contributed by atoms with Gasteiger partial charge in [-0.3, -0.25) is 4.79 Å². The number of carbonyl (C=O) groups excluding carboxylic acids is 1. The number of rotatable bonds is 2. The van der Waals surface area contributed by atoms with Gasteiger partial charge >= 0.3 is 0 Å². The Balaban J connectivity index is 2.08. The molecule has 1 heterocycles. The van der Waals surface area contributed by atoms with Crippen molar-refractivity contribution in [1.82, 2.24) is 0 Å². The van der Waals surface area contributed by atoms with Crippen LogP contribution in [0.4, 0.5) is 0 Å². The molecule has 1 fully saturated rings. The third kappa shape index (κ3) is 1.30. The highest BCUT2D eigenvalue weighted by Crippen LogP contribution is 2.37. The first-order valence-electron chi connectivity index (χ1n) is 4.10. The molecular formula is C9H11NOS. The van der Waals surface area contributed by atoms with Gasteiger partial charge in [-0.2, -0.15) is 0 Å². The van der Waals surface area contributed by atoms with Gasteiger partial charge in [-0.15, -0.1) is 11.3 Å². The van der Waals surface area contributed by atoms with Gasteiger partial charge in [0.05, 0.1) is 0 Å². The van der Waals surface area contributed by atoms with Gasteiger partial charge in [0.2, 0.25) is 0 Å². The van der Waals surface area contributed by atoms with Crippen molar-refractivity contribution in [3.63, 3.8) is 0 Å². The number of nitrogens with two attached hydrogens (primary N) is 1. The third-order valence-corrected chi connectivity index (χ3v) is 3.50. The van der Waals surface area contributed by atoms with Gasteiger partial charge in [0.15, 0.2) is 0 Å². The largest absolute Gasteiger partial charge is 0.326 e. The van der Waals surface area contributed by atoms with Crippen molar-refractivity contribution in [3.05, 3.63) is 21.9 Å². The Kier molecular flexibility index (Phi) is 1.98. The highest BCUT2D eigenvalue weighted by atomic mass is 32.1. The van der Waals surface area contributed by atoms with Crippen LogP contribution in [0.5, 0.6) is 0 Å². The molecule has 1 aromatic rings. The first-order valence-corrected chi connectivity index (χ1v) is 4.91. The van der Waals surface area contributed by atoms with Crippen LogP contribution in [0.2, 0.25) is 0 Å². The lowest BCUT2D eigenvalue weighted by Gasteiger charge is -2.22. The SMILES string of the molecule is NCc1ccc(C2CC(=O)C2)s1. The Morgan fingerprint density at radius 1 is 1.50 bits per heavy atom. The average Bonchev–Trinajstić information content (AvgIpc) is 2.46. The van der Waals surface area contributed by atoms with E-state index < -0.39 is 0 Å². The molecule has 0 spiro atoms. The van der Waals surface area contributed by atoms with Gasteiger partial charge < -0.3 is 5.73 Å². The quantitative estimate of drug-likeness (QED) is 0.754. The molecule has 2 nitrogen and oxygen atoms in total. The number of ketones is 1. The van der Waals surface area contributed by atoms with Gasteiger partial charge in [0.1, 0.15) is 5.78 Å². The lowest BCUT2D eigenvalue weighted by Crippen LogP contribution is -2.19. The molecule has 0 radical (unpaired) electrons. The molecule has 0 amide bonds.